The molecule has 0 aliphatic heterocycles. The normalized spacial score (nSPS) is 9.62. The molecule has 0 saturated carbocycles. The fourth-order valence-corrected chi connectivity index (χ4v) is 1.44. The van der Waals surface area contributed by atoms with Gasteiger partial charge >= 0.3 is 12.0 Å². The zero-order valence-electron chi connectivity index (χ0n) is 8.94. The molecular formula is C8H12N4O3S. The van der Waals surface area contributed by atoms with Crippen LogP contribution in [0.2, 0.25) is 0 Å². The number of nitrogens with zero attached hydrogens (tertiary/aromatic N) is 2. The van der Waals surface area contributed by atoms with Gasteiger partial charge in [-0.2, -0.15) is 0 Å². The molecule has 88 valence electrons. The molecule has 7 nitrogen and oxygen atoms in total. The first-order valence-corrected chi connectivity index (χ1v) is 5.44. The van der Waals surface area contributed by atoms with Gasteiger partial charge in [-0.3, -0.25) is 10.1 Å². The third-order valence-corrected chi connectivity index (χ3v) is 2.20. The van der Waals surface area contributed by atoms with E-state index in [1.165, 1.54) is 11.3 Å². The summed E-state index contributed by atoms with van der Waals surface area (Å²) in [6.45, 7) is 3.59. The second kappa shape index (κ2) is 6.01. The largest absolute Gasteiger partial charge is 0.465 e. The number of aryl methyl sites for hydroxylation is 1. The van der Waals surface area contributed by atoms with Crippen LogP contribution in [0.1, 0.15) is 11.9 Å². The summed E-state index contributed by atoms with van der Waals surface area (Å²) in [6, 6.07) is -0.510. The van der Waals surface area contributed by atoms with E-state index in [0.29, 0.717) is 5.13 Å². The Morgan fingerprint density at radius 1 is 1.44 bits per heavy atom. The van der Waals surface area contributed by atoms with Gasteiger partial charge in [0.2, 0.25) is 5.13 Å². The summed E-state index contributed by atoms with van der Waals surface area (Å²) in [7, 11) is 0. The lowest BCUT2D eigenvalue weighted by Gasteiger charge is -2.04. The number of hydrogen-bond acceptors (Lipinski definition) is 6. The summed E-state index contributed by atoms with van der Waals surface area (Å²) in [5, 5.41) is 13.4. The van der Waals surface area contributed by atoms with Crippen molar-refractivity contribution in [3.05, 3.63) is 5.01 Å². The third kappa shape index (κ3) is 4.22. The van der Waals surface area contributed by atoms with Gasteiger partial charge in [0, 0.05) is 0 Å². The van der Waals surface area contributed by atoms with Crippen LogP contribution in [-0.4, -0.2) is 35.3 Å². The van der Waals surface area contributed by atoms with Gasteiger partial charge in [-0.1, -0.05) is 11.3 Å². The van der Waals surface area contributed by atoms with Crippen molar-refractivity contribution < 1.29 is 14.3 Å². The van der Waals surface area contributed by atoms with Crippen molar-refractivity contribution in [1.29, 1.82) is 0 Å². The highest BCUT2D eigenvalue weighted by Gasteiger charge is 2.08. The van der Waals surface area contributed by atoms with Gasteiger partial charge in [0.15, 0.2) is 0 Å². The molecule has 1 aromatic heterocycles. The molecule has 0 bridgehead atoms. The van der Waals surface area contributed by atoms with E-state index in [1.54, 1.807) is 13.8 Å². The van der Waals surface area contributed by atoms with Crippen molar-refractivity contribution in [2.45, 2.75) is 13.8 Å². The number of rotatable bonds is 4. The number of nitrogens with one attached hydrogen (secondary N) is 2. The highest BCUT2D eigenvalue weighted by molar-refractivity contribution is 7.15. The van der Waals surface area contributed by atoms with Gasteiger partial charge in [0.25, 0.3) is 0 Å². The Kier molecular flexibility index (Phi) is 4.65. The second-order valence-corrected chi connectivity index (χ2v) is 3.92. The highest BCUT2D eigenvalue weighted by Crippen LogP contribution is 2.12. The number of ether oxygens (including phenoxy) is 1. The molecule has 8 heteroatoms. The quantitative estimate of drug-likeness (QED) is 0.754. The number of carbonyl (C=O) groups is 2. The summed E-state index contributed by atoms with van der Waals surface area (Å²) in [5.74, 6) is -0.480. The molecule has 0 unspecified atom stereocenters. The van der Waals surface area contributed by atoms with E-state index in [-0.39, 0.29) is 13.2 Å². The van der Waals surface area contributed by atoms with Crippen LogP contribution in [0.5, 0.6) is 0 Å². The van der Waals surface area contributed by atoms with Crippen LogP contribution in [0.15, 0.2) is 0 Å². The van der Waals surface area contributed by atoms with Crippen LogP contribution in [0, 0.1) is 6.92 Å². The summed E-state index contributed by atoms with van der Waals surface area (Å²) in [4.78, 5) is 22.2. The molecule has 2 N–H and O–H groups in total. The molecule has 0 atom stereocenters. The minimum atomic E-state index is -0.510. The predicted molar refractivity (Wildman–Crippen MR) is 58.3 cm³/mol. The molecule has 0 aromatic carbocycles. The fourth-order valence-electron chi connectivity index (χ4n) is 0.853. The highest BCUT2D eigenvalue weighted by atomic mass is 32.1. The van der Waals surface area contributed by atoms with Crippen molar-refractivity contribution in [1.82, 2.24) is 15.5 Å². The van der Waals surface area contributed by atoms with Crippen molar-refractivity contribution in [3.8, 4) is 0 Å². The fraction of sp³-hybridized carbons (Fsp3) is 0.500. The number of anilines is 1. The molecular weight excluding hydrogens is 232 g/mol. The van der Waals surface area contributed by atoms with E-state index in [4.69, 9.17) is 0 Å². The van der Waals surface area contributed by atoms with Gasteiger partial charge in [-0.25, -0.2) is 4.79 Å². The van der Waals surface area contributed by atoms with Crippen LogP contribution in [0.25, 0.3) is 0 Å². The predicted octanol–water partition coefficient (Wildman–Crippen LogP) is 0.531. The molecule has 0 fully saturated rings. The van der Waals surface area contributed by atoms with Crippen molar-refractivity contribution in [2.24, 2.45) is 0 Å². The van der Waals surface area contributed by atoms with Crippen LogP contribution in [-0.2, 0) is 9.53 Å². The Morgan fingerprint density at radius 2 is 2.19 bits per heavy atom. The van der Waals surface area contributed by atoms with Gasteiger partial charge in [-0.15, -0.1) is 10.2 Å². The lowest BCUT2D eigenvalue weighted by atomic mass is 10.6. The molecule has 0 saturated heterocycles. The van der Waals surface area contributed by atoms with Crippen LogP contribution in [0.4, 0.5) is 9.93 Å². The van der Waals surface area contributed by atoms with E-state index in [0.717, 1.165) is 5.01 Å². The van der Waals surface area contributed by atoms with Crippen LogP contribution < -0.4 is 10.6 Å². The first-order valence-electron chi connectivity index (χ1n) is 4.62. The number of aromatic nitrogens is 2. The lowest BCUT2D eigenvalue weighted by Crippen LogP contribution is -2.34. The first kappa shape index (κ1) is 12.4. The number of urea groups is 1. The third-order valence-electron chi connectivity index (χ3n) is 1.45. The SMILES string of the molecule is CCOC(=O)CNC(=O)Nc1nnc(C)s1. The van der Waals surface area contributed by atoms with Crippen LogP contribution in [0.3, 0.4) is 0 Å². The number of carbonyl (C=O) groups excluding carboxylic acids is 2. The molecule has 1 rings (SSSR count). The van der Waals surface area contributed by atoms with Crippen molar-refractivity contribution in [2.75, 3.05) is 18.5 Å². The number of hydrogen-bond donors (Lipinski definition) is 2. The summed E-state index contributed by atoms with van der Waals surface area (Å²) >= 11 is 1.25. The van der Waals surface area contributed by atoms with E-state index in [1.807, 2.05) is 0 Å². The van der Waals surface area contributed by atoms with E-state index < -0.39 is 12.0 Å². The Hall–Kier alpha value is -1.70. The molecule has 1 heterocycles. The molecule has 0 radical (unpaired) electrons. The smallest absolute Gasteiger partial charge is 0.325 e. The lowest BCUT2D eigenvalue weighted by molar-refractivity contribution is -0.141. The maximum atomic E-state index is 11.2. The van der Waals surface area contributed by atoms with Gasteiger partial charge < -0.3 is 10.1 Å². The monoisotopic (exact) mass is 244 g/mol. The van der Waals surface area contributed by atoms with Gasteiger partial charge in [0.1, 0.15) is 11.6 Å². The minimum absolute atomic E-state index is 0.169. The van der Waals surface area contributed by atoms with E-state index >= 15 is 0 Å². The summed E-state index contributed by atoms with van der Waals surface area (Å²) < 4.78 is 4.64. The molecule has 0 spiro atoms. The molecule has 0 aliphatic carbocycles. The van der Waals surface area contributed by atoms with Gasteiger partial charge in [0.05, 0.1) is 6.61 Å². The summed E-state index contributed by atoms with van der Waals surface area (Å²) in [6.07, 6.45) is 0. The van der Waals surface area contributed by atoms with Crippen LogP contribution >= 0.6 is 11.3 Å². The maximum absolute atomic E-state index is 11.2. The van der Waals surface area contributed by atoms with Gasteiger partial charge in [-0.05, 0) is 13.8 Å². The number of amides is 2. The molecule has 16 heavy (non-hydrogen) atoms. The average molecular weight is 244 g/mol. The Balaban J connectivity index is 2.28. The molecule has 1 aromatic rings. The second-order valence-electron chi connectivity index (χ2n) is 2.74. The standard InChI is InChI=1S/C8H12N4O3S/c1-3-15-6(13)4-9-7(14)10-8-12-11-5(2)16-8/h3-4H2,1-2H3,(H2,9,10,12,14). The summed E-state index contributed by atoms with van der Waals surface area (Å²) in [5.41, 5.74) is 0. The molecule has 0 aliphatic rings. The minimum Gasteiger partial charge on any atom is -0.465 e. The number of esters is 1. The topological polar surface area (TPSA) is 93.2 Å². The van der Waals surface area contributed by atoms with E-state index in [2.05, 4.69) is 25.6 Å². The maximum Gasteiger partial charge on any atom is 0.325 e. The zero-order chi connectivity index (χ0) is 12.0. The average Bonchev–Trinajstić information content (AvgIpc) is 2.61. The molecule has 2 amide bonds. The Labute approximate surface area is 96.2 Å². The zero-order valence-corrected chi connectivity index (χ0v) is 9.76. The van der Waals surface area contributed by atoms with Crippen molar-refractivity contribution in [3.63, 3.8) is 0 Å². The van der Waals surface area contributed by atoms with Crippen molar-refractivity contribution >= 4 is 28.5 Å². The Morgan fingerprint density at radius 3 is 2.75 bits per heavy atom. The van der Waals surface area contributed by atoms with E-state index in [9.17, 15) is 9.59 Å². The first-order chi connectivity index (χ1) is 7.61. The Bertz CT molecular complexity index is 379.